The molecule has 116 valence electrons. The van der Waals surface area contributed by atoms with Gasteiger partial charge in [-0.2, -0.15) is 0 Å². The smallest absolute Gasteiger partial charge is 0.259 e. The van der Waals surface area contributed by atoms with Crippen molar-refractivity contribution in [1.29, 1.82) is 0 Å². The number of likely N-dealkylation sites (tertiary alicyclic amines) is 1. The van der Waals surface area contributed by atoms with Gasteiger partial charge in [0.15, 0.2) is 0 Å². The average Bonchev–Trinajstić information content (AvgIpc) is 2.47. The Morgan fingerprint density at radius 3 is 2.62 bits per heavy atom. The first kappa shape index (κ1) is 15.7. The summed E-state index contributed by atoms with van der Waals surface area (Å²) in [7, 11) is 0. The van der Waals surface area contributed by atoms with Crippen molar-refractivity contribution >= 4 is 11.6 Å². The van der Waals surface area contributed by atoms with Gasteiger partial charge in [-0.3, -0.25) is 4.79 Å². The van der Waals surface area contributed by atoms with Crippen LogP contribution in [0.4, 0.5) is 5.69 Å². The number of nitrogens with zero attached hydrogens (tertiary/aromatic N) is 1. The highest BCUT2D eigenvalue weighted by molar-refractivity contribution is 6.01. The van der Waals surface area contributed by atoms with Crippen molar-refractivity contribution in [2.24, 2.45) is 11.8 Å². The molecule has 4 nitrogen and oxygen atoms in total. The Bertz CT molecular complexity index is 492. The second-order valence-electron chi connectivity index (χ2n) is 6.03. The topological polar surface area (TPSA) is 55.6 Å². The minimum Gasteiger partial charge on any atom is -0.493 e. The minimum absolute atomic E-state index is 0.00115. The van der Waals surface area contributed by atoms with Gasteiger partial charge in [-0.25, -0.2) is 0 Å². The average molecular weight is 290 g/mol. The van der Waals surface area contributed by atoms with Crippen LogP contribution in [0.5, 0.6) is 5.75 Å². The van der Waals surface area contributed by atoms with E-state index in [1.807, 2.05) is 24.0 Å². The number of hydrogen-bond donors (Lipinski definition) is 1. The number of carbonyl (C=O) groups is 1. The number of nitrogens with two attached hydrogens (primary N) is 1. The molecule has 1 aliphatic heterocycles. The molecular weight excluding hydrogens is 264 g/mol. The Hall–Kier alpha value is -1.71. The molecule has 0 aliphatic carbocycles. The highest BCUT2D eigenvalue weighted by Crippen LogP contribution is 2.29. The number of nitrogen functional groups attached to an aromatic ring is 1. The Kier molecular flexibility index (Phi) is 5.10. The summed E-state index contributed by atoms with van der Waals surface area (Å²) in [5, 5.41) is 0. The third kappa shape index (κ3) is 3.49. The number of amides is 1. The van der Waals surface area contributed by atoms with Crippen molar-refractivity contribution in [2.75, 3.05) is 25.4 Å². The standard InChI is InChI=1S/C17H26N2O2/c1-4-21-15-7-5-6-14(18)16(15)17(20)19-10-8-13(9-11-19)12(2)3/h5-7,12-13H,4,8-11,18H2,1-3H3. The zero-order valence-electron chi connectivity index (χ0n) is 13.3. The summed E-state index contributed by atoms with van der Waals surface area (Å²) in [6, 6.07) is 5.40. The lowest BCUT2D eigenvalue weighted by Gasteiger charge is -2.34. The fourth-order valence-corrected chi connectivity index (χ4v) is 2.98. The Balaban J connectivity index is 2.14. The summed E-state index contributed by atoms with van der Waals surface area (Å²) in [6.07, 6.45) is 2.14. The van der Waals surface area contributed by atoms with Crippen LogP contribution in [0.25, 0.3) is 0 Å². The van der Waals surface area contributed by atoms with Gasteiger partial charge in [0, 0.05) is 18.8 Å². The molecule has 0 radical (unpaired) electrons. The lowest BCUT2D eigenvalue weighted by molar-refractivity contribution is 0.0665. The SMILES string of the molecule is CCOc1cccc(N)c1C(=O)N1CCC(C(C)C)CC1. The third-order valence-electron chi connectivity index (χ3n) is 4.34. The summed E-state index contributed by atoms with van der Waals surface area (Å²) < 4.78 is 5.56. The van der Waals surface area contributed by atoms with Gasteiger partial charge in [0.25, 0.3) is 5.91 Å². The van der Waals surface area contributed by atoms with E-state index >= 15 is 0 Å². The fourth-order valence-electron chi connectivity index (χ4n) is 2.98. The number of ether oxygens (including phenoxy) is 1. The van der Waals surface area contributed by atoms with Gasteiger partial charge in [-0.05, 0) is 43.7 Å². The Labute approximate surface area is 127 Å². The molecule has 1 heterocycles. The first-order valence-corrected chi connectivity index (χ1v) is 7.85. The predicted octanol–water partition coefficient (Wildman–Crippen LogP) is 3.18. The third-order valence-corrected chi connectivity index (χ3v) is 4.34. The normalized spacial score (nSPS) is 16.3. The van der Waals surface area contributed by atoms with Gasteiger partial charge < -0.3 is 15.4 Å². The second kappa shape index (κ2) is 6.83. The van der Waals surface area contributed by atoms with Crippen molar-refractivity contribution in [3.05, 3.63) is 23.8 Å². The van der Waals surface area contributed by atoms with Crippen LogP contribution in [0.15, 0.2) is 18.2 Å². The van der Waals surface area contributed by atoms with E-state index in [1.165, 1.54) is 0 Å². The molecule has 1 fully saturated rings. The van der Waals surface area contributed by atoms with Gasteiger partial charge >= 0.3 is 0 Å². The summed E-state index contributed by atoms with van der Waals surface area (Å²) >= 11 is 0. The molecular formula is C17H26N2O2. The molecule has 0 unspecified atom stereocenters. The van der Waals surface area contributed by atoms with Crippen molar-refractivity contribution in [1.82, 2.24) is 4.90 Å². The van der Waals surface area contributed by atoms with Crippen LogP contribution < -0.4 is 10.5 Å². The molecule has 0 bridgehead atoms. The molecule has 2 N–H and O–H groups in total. The molecule has 1 aliphatic rings. The van der Waals surface area contributed by atoms with E-state index in [0.717, 1.165) is 25.9 Å². The molecule has 21 heavy (non-hydrogen) atoms. The minimum atomic E-state index is -0.00115. The van der Waals surface area contributed by atoms with E-state index in [-0.39, 0.29) is 5.91 Å². The van der Waals surface area contributed by atoms with Crippen LogP contribution in [0.3, 0.4) is 0 Å². The van der Waals surface area contributed by atoms with Gasteiger partial charge in [0.1, 0.15) is 11.3 Å². The lowest BCUT2D eigenvalue weighted by atomic mass is 9.86. The van der Waals surface area contributed by atoms with Gasteiger partial charge in [0.2, 0.25) is 0 Å². The molecule has 0 atom stereocenters. The second-order valence-corrected chi connectivity index (χ2v) is 6.03. The first-order chi connectivity index (χ1) is 10.0. The van der Waals surface area contributed by atoms with E-state index in [2.05, 4.69) is 13.8 Å². The van der Waals surface area contributed by atoms with E-state index in [1.54, 1.807) is 6.07 Å². The number of benzene rings is 1. The summed E-state index contributed by atoms with van der Waals surface area (Å²) in [5.41, 5.74) is 7.02. The Morgan fingerprint density at radius 1 is 1.38 bits per heavy atom. The number of hydrogen-bond acceptors (Lipinski definition) is 3. The zero-order valence-corrected chi connectivity index (χ0v) is 13.3. The number of rotatable bonds is 4. The highest BCUT2D eigenvalue weighted by atomic mass is 16.5. The number of piperidine rings is 1. The fraction of sp³-hybridized carbons (Fsp3) is 0.588. The molecule has 1 amide bonds. The Morgan fingerprint density at radius 2 is 2.05 bits per heavy atom. The van der Waals surface area contributed by atoms with Crippen LogP contribution >= 0.6 is 0 Å². The maximum atomic E-state index is 12.8. The molecule has 1 aromatic carbocycles. The summed E-state index contributed by atoms with van der Waals surface area (Å²) in [6.45, 7) is 8.56. The van der Waals surface area contributed by atoms with E-state index in [9.17, 15) is 4.79 Å². The number of anilines is 1. The summed E-state index contributed by atoms with van der Waals surface area (Å²) in [4.78, 5) is 14.7. The van der Waals surface area contributed by atoms with E-state index in [0.29, 0.717) is 35.4 Å². The molecule has 0 saturated carbocycles. The lowest BCUT2D eigenvalue weighted by Crippen LogP contribution is -2.40. The molecule has 4 heteroatoms. The maximum absolute atomic E-state index is 12.8. The van der Waals surface area contributed by atoms with E-state index in [4.69, 9.17) is 10.5 Å². The van der Waals surface area contributed by atoms with Crippen LogP contribution in [0.1, 0.15) is 44.0 Å². The van der Waals surface area contributed by atoms with Crippen molar-refractivity contribution in [3.63, 3.8) is 0 Å². The quantitative estimate of drug-likeness (QED) is 0.867. The molecule has 1 aromatic rings. The number of carbonyl (C=O) groups excluding carboxylic acids is 1. The molecule has 2 rings (SSSR count). The molecule has 1 saturated heterocycles. The maximum Gasteiger partial charge on any atom is 0.259 e. The van der Waals surface area contributed by atoms with Crippen molar-refractivity contribution < 1.29 is 9.53 Å². The molecule has 0 aromatic heterocycles. The van der Waals surface area contributed by atoms with Crippen LogP contribution in [-0.2, 0) is 0 Å². The predicted molar refractivity (Wildman–Crippen MR) is 85.5 cm³/mol. The van der Waals surface area contributed by atoms with Crippen molar-refractivity contribution in [2.45, 2.75) is 33.6 Å². The van der Waals surface area contributed by atoms with Crippen LogP contribution in [0.2, 0.25) is 0 Å². The van der Waals surface area contributed by atoms with Crippen molar-refractivity contribution in [3.8, 4) is 5.75 Å². The van der Waals surface area contributed by atoms with E-state index < -0.39 is 0 Å². The van der Waals surface area contributed by atoms with Gasteiger partial charge in [-0.15, -0.1) is 0 Å². The zero-order chi connectivity index (χ0) is 15.4. The largest absolute Gasteiger partial charge is 0.493 e. The molecule has 0 spiro atoms. The van der Waals surface area contributed by atoms with Gasteiger partial charge in [-0.1, -0.05) is 19.9 Å². The van der Waals surface area contributed by atoms with Crippen LogP contribution in [-0.4, -0.2) is 30.5 Å². The van der Waals surface area contributed by atoms with Gasteiger partial charge in [0.05, 0.1) is 6.61 Å². The van der Waals surface area contributed by atoms with Crippen LogP contribution in [0, 0.1) is 11.8 Å². The monoisotopic (exact) mass is 290 g/mol. The summed E-state index contributed by atoms with van der Waals surface area (Å²) in [5.74, 6) is 1.99. The highest BCUT2D eigenvalue weighted by Gasteiger charge is 2.27. The first-order valence-electron chi connectivity index (χ1n) is 7.85.